The first-order valence-electron chi connectivity index (χ1n) is 10.4. The van der Waals surface area contributed by atoms with Crippen molar-refractivity contribution < 1.29 is 9.59 Å². The Morgan fingerprint density at radius 1 is 0.806 bits per heavy atom. The van der Waals surface area contributed by atoms with Crippen molar-refractivity contribution in [3.05, 3.63) is 101 Å². The number of nitrogens with one attached hydrogen (secondary N) is 1. The van der Waals surface area contributed by atoms with Crippen LogP contribution in [-0.4, -0.2) is 34.0 Å². The van der Waals surface area contributed by atoms with Crippen molar-refractivity contribution in [2.24, 2.45) is 4.99 Å². The Kier molecular flexibility index (Phi) is 3.90. The molecule has 0 spiro atoms. The van der Waals surface area contributed by atoms with Crippen LogP contribution in [0.4, 0.5) is 5.69 Å². The number of carbonyl (C=O) groups excluding carboxylic acids is 2. The molecule has 5 heteroatoms. The lowest BCUT2D eigenvalue weighted by molar-refractivity contribution is 0.0652. The van der Waals surface area contributed by atoms with Crippen molar-refractivity contribution in [1.82, 2.24) is 9.88 Å². The molecule has 1 N–H and O–H groups in total. The number of hydrogen-bond donors (Lipinski definition) is 1. The number of carbonyl (C=O) groups is 2. The quantitative estimate of drug-likeness (QED) is 0.482. The van der Waals surface area contributed by atoms with Crippen LogP contribution in [0.2, 0.25) is 0 Å². The van der Waals surface area contributed by atoms with E-state index < -0.39 is 0 Å². The van der Waals surface area contributed by atoms with Crippen LogP contribution in [0.1, 0.15) is 44.2 Å². The average molecular weight is 405 g/mol. The van der Waals surface area contributed by atoms with Gasteiger partial charge in [-0.25, -0.2) is 0 Å². The summed E-state index contributed by atoms with van der Waals surface area (Å²) in [6.45, 7) is 0.352. The number of nitrogens with zero attached hydrogens (tertiary/aromatic N) is 2. The maximum atomic E-state index is 12.8. The molecule has 0 fully saturated rings. The number of aromatic amines is 1. The molecule has 2 aliphatic rings. The second-order valence-electron chi connectivity index (χ2n) is 7.95. The Bertz CT molecular complexity index is 1360. The first kappa shape index (κ1) is 17.8. The van der Waals surface area contributed by atoms with Crippen LogP contribution >= 0.6 is 0 Å². The van der Waals surface area contributed by atoms with Crippen LogP contribution in [-0.2, 0) is 0 Å². The smallest absolute Gasteiger partial charge is 0.261 e. The summed E-state index contributed by atoms with van der Waals surface area (Å²) >= 11 is 0. The number of H-pyrrole nitrogens is 1. The Hall–Kier alpha value is -3.99. The summed E-state index contributed by atoms with van der Waals surface area (Å²) in [6, 6.07) is 23.4. The van der Waals surface area contributed by atoms with Crippen molar-refractivity contribution in [3.63, 3.8) is 0 Å². The fourth-order valence-corrected chi connectivity index (χ4v) is 4.78. The lowest BCUT2D eigenvalue weighted by atomic mass is 9.88. The molecular formula is C26H19N3O2. The summed E-state index contributed by atoms with van der Waals surface area (Å²) < 4.78 is 0. The van der Waals surface area contributed by atoms with Gasteiger partial charge < -0.3 is 4.98 Å². The maximum Gasteiger partial charge on any atom is 0.261 e. The van der Waals surface area contributed by atoms with Gasteiger partial charge in [-0.05, 0) is 36.2 Å². The highest BCUT2D eigenvalue weighted by molar-refractivity contribution is 6.21. The Balaban J connectivity index is 1.35. The third kappa shape index (κ3) is 2.66. The van der Waals surface area contributed by atoms with Gasteiger partial charge in [0.25, 0.3) is 11.8 Å². The van der Waals surface area contributed by atoms with E-state index in [0.29, 0.717) is 24.1 Å². The molecular weight excluding hydrogens is 386 g/mol. The minimum atomic E-state index is -0.211. The molecule has 1 aromatic heterocycles. The number of amides is 2. The van der Waals surface area contributed by atoms with Crippen LogP contribution in [0.15, 0.2) is 84.0 Å². The Morgan fingerprint density at radius 3 is 2.32 bits per heavy atom. The van der Waals surface area contributed by atoms with E-state index >= 15 is 0 Å². The number of para-hydroxylation sites is 2. The number of rotatable bonds is 4. The van der Waals surface area contributed by atoms with Gasteiger partial charge in [0.2, 0.25) is 0 Å². The molecule has 4 aromatic rings. The van der Waals surface area contributed by atoms with Gasteiger partial charge in [-0.1, -0.05) is 48.5 Å². The predicted molar refractivity (Wildman–Crippen MR) is 120 cm³/mol. The number of fused-ring (bicyclic) bond motifs is 3. The van der Waals surface area contributed by atoms with Gasteiger partial charge in [-0.15, -0.1) is 0 Å². The Morgan fingerprint density at radius 2 is 1.52 bits per heavy atom. The zero-order valence-corrected chi connectivity index (χ0v) is 16.7. The van der Waals surface area contributed by atoms with Gasteiger partial charge in [-0.2, -0.15) is 0 Å². The normalized spacial score (nSPS) is 17.2. The van der Waals surface area contributed by atoms with Gasteiger partial charge in [0.1, 0.15) is 0 Å². The molecule has 150 valence electrons. The molecule has 3 heterocycles. The number of imide groups is 1. The topological polar surface area (TPSA) is 65.5 Å². The van der Waals surface area contributed by atoms with Gasteiger partial charge >= 0.3 is 0 Å². The molecule has 1 atom stereocenters. The zero-order valence-electron chi connectivity index (χ0n) is 16.7. The highest BCUT2D eigenvalue weighted by Gasteiger charge is 2.37. The second-order valence-corrected chi connectivity index (χ2v) is 7.95. The summed E-state index contributed by atoms with van der Waals surface area (Å²) in [6.07, 6.45) is 2.56. The van der Waals surface area contributed by atoms with E-state index in [1.165, 1.54) is 4.90 Å². The number of benzene rings is 3. The largest absolute Gasteiger partial charge is 0.361 e. The lowest BCUT2D eigenvalue weighted by Crippen LogP contribution is -2.32. The van der Waals surface area contributed by atoms with Crippen molar-refractivity contribution >= 4 is 34.1 Å². The van der Waals surface area contributed by atoms with Crippen LogP contribution in [0.3, 0.4) is 0 Å². The summed E-state index contributed by atoms with van der Waals surface area (Å²) in [5.74, 6) is -0.414. The van der Waals surface area contributed by atoms with Crippen LogP contribution in [0, 0.1) is 0 Å². The molecule has 0 saturated carbocycles. The average Bonchev–Trinajstić information content (AvgIpc) is 3.49. The predicted octanol–water partition coefficient (Wildman–Crippen LogP) is 5.07. The van der Waals surface area contributed by atoms with Gasteiger partial charge in [0.05, 0.1) is 28.0 Å². The molecule has 0 saturated heterocycles. The van der Waals surface area contributed by atoms with E-state index in [1.807, 2.05) is 30.5 Å². The van der Waals surface area contributed by atoms with Crippen LogP contribution in [0.25, 0.3) is 10.9 Å². The van der Waals surface area contributed by atoms with Crippen LogP contribution < -0.4 is 0 Å². The molecule has 2 aliphatic heterocycles. The first-order chi connectivity index (χ1) is 15.2. The summed E-state index contributed by atoms with van der Waals surface area (Å²) in [5.41, 5.74) is 6.16. The van der Waals surface area contributed by atoms with Gasteiger partial charge in [0, 0.05) is 29.6 Å². The van der Waals surface area contributed by atoms with E-state index in [9.17, 15) is 9.59 Å². The van der Waals surface area contributed by atoms with E-state index in [1.54, 1.807) is 24.3 Å². The maximum absolute atomic E-state index is 12.8. The molecule has 0 aliphatic carbocycles. The third-order valence-corrected chi connectivity index (χ3v) is 6.27. The molecule has 1 unspecified atom stereocenters. The first-order valence-corrected chi connectivity index (χ1v) is 10.4. The lowest BCUT2D eigenvalue weighted by Gasteiger charge is -2.20. The highest BCUT2D eigenvalue weighted by atomic mass is 16.2. The zero-order chi connectivity index (χ0) is 20.9. The van der Waals surface area contributed by atoms with Crippen molar-refractivity contribution in [2.75, 3.05) is 6.54 Å². The summed E-state index contributed by atoms with van der Waals surface area (Å²) in [4.78, 5) is 35.3. The minimum absolute atomic E-state index is 0.00872. The molecule has 5 nitrogen and oxygen atoms in total. The van der Waals surface area contributed by atoms with Crippen LogP contribution in [0.5, 0.6) is 0 Å². The standard InChI is InChI=1S/C26H19N3O2/c30-25-19-8-1-2-9-20(19)26(31)29(25)15-13-18-17-7-3-4-11-22(17)28-24(18)21-10-5-6-16-12-14-27-23(16)21/h1-12,14,18,27H,13,15H2. The highest BCUT2D eigenvalue weighted by Crippen LogP contribution is 2.41. The van der Waals surface area contributed by atoms with E-state index in [4.69, 9.17) is 4.99 Å². The molecule has 3 aromatic carbocycles. The van der Waals surface area contributed by atoms with E-state index in [-0.39, 0.29) is 17.7 Å². The molecule has 2 amide bonds. The van der Waals surface area contributed by atoms with E-state index in [2.05, 4.69) is 29.2 Å². The van der Waals surface area contributed by atoms with E-state index in [0.717, 1.165) is 33.4 Å². The second kappa shape index (κ2) is 6.77. The Labute approximate surface area is 179 Å². The van der Waals surface area contributed by atoms with Crippen molar-refractivity contribution in [1.29, 1.82) is 0 Å². The van der Waals surface area contributed by atoms with Gasteiger partial charge in [-0.3, -0.25) is 19.5 Å². The van der Waals surface area contributed by atoms with Crippen molar-refractivity contribution in [2.45, 2.75) is 12.3 Å². The molecule has 31 heavy (non-hydrogen) atoms. The van der Waals surface area contributed by atoms with Crippen molar-refractivity contribution in [3.8, 4) is 0 Å². The monoisotopic (exact) mass is 405 g/mol. The minimum Gasteiger partial charge on any atom is -0.361 e. The van der Waals surface area contributed by atoms with Gasteiger partial charge in [0.15, 0.2) is 0 Å². The number of hydrogen-bond acceptors (Lipinski definition) is 3. The molecule has 6 rings (SSSR count). The third-order valence-electron chi connectivity index (χ3n) is 6.27. The number of aliphatic imine (C=N–C) groups is 1. The summed E-state index contributed by atoms with van der Waals surface area (Å²) in [5, 5.41) is 1.13. The summed E-state index contributed by atoms with van der Waals surface area (Å²) in [7, 11) is 0. The SMILES string of the molecule is O=C1c2ccccc2C(=O)N1CCC1C(c2cccc3cc[nH]c23)=Nc2ccccc21. The fraction of sp³-hybridized carbons (Fsp3) is 0.115. The molecule has 0 bridgehead atoms. The molecule has 0 radical (unpaired) electrons. The fourth-order valence-electron chi connectivity index (χ4n) is 4.78. The number of aromatic nitrogens is 1.